The van der Waals surface area contributed by atoms with Gasteiger partial charge in [0.25, 0.3) is 11.8 Å². The molecule has 1 atom stereocenters. The van der Waals surface area contributed by atoms with Crippen LogP contribution in [-0.2, 0) is 24.3 Å². The van der Waals surface area contributed by atoms with Crippen LogP contribution < -0.4 is 10.6 Å². The maximum atomic E-state index is 13.3. The maximum Gasteiger partial charge on any atom is 0.261 e. The number of aromatic amines is 1. The largest absolute Gasteiger partial charge is 0.347 e. The minimum Gasteiger partial charge on any atom is -0.347 e. The molecule has 1 aliphatic rings. The Labute approximate surface area is 218 Å². The number of hydrogen-bond donors (Lipinski definition) is 3. The number of amides is 3. The fraction of sp³-hybridized carbons (Fsp3) is 0.296. The maximum absolute atomic E-state index is 13.3. The van der Waals surface area contributed by atoms with Crippen molar-refractivity contribution in [2.75, 3.05) is 6.54 Å². The van der Waals surface area contributed by atoms with Gasteiger partial charge in [-0.2, -0.15) is 5.10 Å². The Bertz CT molecular complexity index is 1480. The van der Waals surface area contributed by atoms with Crippen LogP contribution in [0.3, 0.4) is 0 Å². The summed E-state index contributed by atoms with van der Waals surface area (Å²) in [4.78, 5) is 46.7. The molecule has 4 aromatic rings. The normalized spacial score (nSPS) is 13.7. The summed E-state index contributed by atoms with van der Waals surface area (Å²) < 4.78 is 0. The van der Waals surface area contributed by atoms with Gasteiger partial charge in [-0.25, -0.2) is 0 Å². The average molecular weight is 517 g/mol. The fourth-order valence-corrected chi connectivity index (χ4v) is 5.58. The number of carbonyl (C=O) groups is 3. The van der Waals surface area contributed by atoms with E-state index in [1.807, 2.05) is 32.0 Å². The van der Waals surface area contributed by atoms with Gasteiger partial charge < -0.3 is 15.5 Å². The third-order valence-corrected chi connectivity index (χ3v) is 7.77. The average Bonchev–Trinajstić information content (AvgIpc) is 3.56. The molecular weight excluding hydrogens is 488 g/mol. The highest BCUT2D eigenvalue weighted by molar-refractivity contribution is 7.14. The first kappa shape index (κ1) is 24.6. The van der Waals surface area contributed by atoms with Crippen molar-refractivity contribution in [2.24, 2.45) is 0 Å². The van der Waals surface area contributed by atoms with E-state index >= 15 is 0 Å². The van der Waals surface area contributed by atoms with Crippen molar-refractivity contribution in [3.8, 4) is 0 Å². The topological polar surface area (TPSA) is 120 Å². The quantitative estimate of drug-likeness (QED) is 0.348. The summed E-state index contributed by atoms with van der Waals surface area (Å²) in [6, 6.07) is 10.4. The van der Waals surface area contributed by atoms with E-state index in [1.54, 1.807) is 35.5 Å². The number of carbonyl (C=O) groups excluding carboxylic acids is 3. The number of thiophene rings is 1. The summed E-state index contributed by atoms with van der Waals surface area (Å²) in [5.41, 5.74) is 4.22. The molecule has 37 heavy (non-hydrogen) atoms. The van der Waals surface area contributed by atoms with Gasteiger partial charge in [0.05, 0.1) is 16.6 Å². The van der Waals surface area contributed by atoms with Gasteiger partial charge in [-0.15, -0.1) is 11.3 Å². The standard InChI is InChI=1S/C27H28N6O3S/c1-3-21(31-25(34)18-4-5-22-19(11-18)14-30-32-22)27(36)33-9-7-23-20(15-33)12-24(37-23)26(35)29-13-17-6-8-28-16(2)10-17/h4-6,8,10-12,14,21H,3,7,9,13,15H2,1-2H3,(H,29,35)(H,30,32)(H,31,34)/t21-/m1/s1. The molecule has 9 nitrogen and oxygen atoms in total. The van der Waals surface area contributed by atoms with E-state index in [2.05, 4.69) is 25.8 Å². The summed E-state index contributed by atoms with van der Waals surface area (Å²) in [7, 11) is 0. The second-order valence-electron chi connectivity index (χ2n) is 9.16. The van der Waals surface area contributed by atoms with Crippen LogP contribution in [0.5, 0.6) is 0 Å². The van der Waals surface area contributed by atoms with Crippen molar-refractivity contribution in [1.82, 2.24) is 30.7 Å². The molecule has 0 fully saturated rings. The smallest absolute Gasteiger partial charge is 0.261 e. The molecule has 3 amide bonds. The van der Waals surface area contributed by atoms with Crippen LogP contribution in [0.4, 0.5) is 0 Å². The number of rotatable bonds is 7. The van der Waals surface area contributed by atoms with Gasteiger partial charge in [0.15, 0.2) is 0 Å². The molecule has 1 aromatic carbocycles. The molecule has 4 heterocycles. The molecule has 1 aliphatic heterocycles. The van der Waals surface area contributed by atoms with Crippen LogP contribution in [-0.4, -0.2) is 50.4 Å². The molecule has 3 aromatic heterocycles. The molecule has 0 saturated heterocycles. The SMILES string of the molecule is CC[C@@H](NC(=O)c1ccc2[nH]ncc2c1)C(=O)N1CCc2sc(C(=O)NCc3ccnc(C)c3)cc2C1. The van der Waals surface area contributed by atoms with Crippen LogP contribution in [0.15, 0.2) is 48.8 Å². The molecule has 0 aliphatic carbocycles. The minimum atomic E-state index is -0.626. The van der Waals surface area contributed by atoms with Gasteiger partial charge in [-0.05, 0) is 67.3 Å². The Balaban J connectivity index is 1.21. The van der Waals surface area contributed by atoms with Crippen molar-refractivity contribution in [3.63, 3.8) is 0 Å². The Kier molecular flexibility index (Phi) is 7.00. The highest BCUT2D eigenvalue weighted by atomic mass is 32.1. The molecule has 0 spiro atoms. The Morgan fingerprint density at radius 3 is 2.84 bits per heavy atom. The van der Waals surface area contributed by atoms with Crippen molar-refractivity contribution in [2.45, 2.75) is 45.8 Å². The third-order valence-electron chi connectivity index (χ3n) is 6.53. The van der Waals surface area contributed by atoms with Crippen LogP contribution in [0.2, 0.25) is 0 Å². The molecule has 190 valence electrons. The van der Waals surface area contributed by atoms with Crippen LogP contribution >= 0.6 is 11.3 Å². The Morgan fingerprint density at radius 2 is 2.03 bits per heavy atom. The number of pyridine rings is 1. The van der Waals surface area contributed by atoms with Crippen molar-refractivity contribution in [1.29, 1.82) is 0 Å². The lowest BCUT2D eigenvalue weighted by molar-refractivity contribution is -0.134. The third kappa shape index (κ3) is 5.39. The van der Waals surface area contributed by atoms with E-state index in [4.69, 9.17) is 0 Å². The summed E-state index contributed by atoms with van der Waals surface area (Å²) >= 11 is 1.48. The monoisotopic (exact) mass is 516 g/mol. The highest BCUT2D eigenvalue weighted by Gasteiger charge is 2.29. The lowest BCUT2D eigenvalue weighted by Gasteiger charge is -2.30. The van der Waals surface area contributed by atoms with Crippen molar-refractivity contribution >= 4 is 40.0 Å². The van der Waals surface area contributed by atoms with Gasteiger partial charge in [-0.1, -0.05) is 6.92 Å². The van der Waals surface area contributed by atoms with Gasteiger partial charge in [0, 0.05) is 47.4 Å². The van der Waals surface area contributed by atoms with Crippen molar-refractivity contribution < 1.29 is 14.4 Å². The number of fused-ring (bicyclic) bond motifs is 2. The van der Waals surface area contributed by atoms with E-state index in [-0.39, 0.29) is 17.7 Å². The van der Waals surface area contributed by atoms with Crippen molar-refractivity contribution in [3.05, 3.63) is 80.9 Å². The number of nitrogens with zero attached hydrogens (tertiary/aromatic N) is 3. The second kappa shape index (κ2) is 10.5. The second-order valence-corrected chi connectivity index (χ2v) is 10.3. The van der Waals surface area contributed by atoms with E-state index in [9.17, 15) is 14.4 Å². The zero-order chi connectivity index (χ0) is 25.9. The van der Waals surface area contributed by atoms with E-state index < -0.39 is 6.04 Å². The predicted molar refractivity (Wildman–Crippen MR) is 141 cm³/mol. The van der Waals surface area contributed by atoms with Crippen LogP contribution in [0.1, 0.15) is 55.1 Å². The zero-order valence-corrected chi connectivity index (χ0v) is 21.5. The van der Waals surface area contributed by atoms with Gasteiger partial charge >= 0.3 is 0 Å². The van der Waals surface area contributed by atoms with E-state index in [1.165, 1.54) is 11.3 Å². The summed E-state index contributed by atoms with van der Waals surface area (Å²) in [6.45, 7) is 5.21. The summed E-state index contributed by atoms with van der Waals surface area (Å²) in [6.07, 6.45) is 4.56. The molecule has 5 rings (SSSR count). The first-order chi connectivity index (χ1) is 17.9. The van der Waals surface area contributed by atoms with E-state index in [0.29, 0.717) is 42.9 Å². The number of benzene rings is 1. The van der Waals surface area contributed by atoms with E-state index in [0.717, 1.165) is 32.6 Å². The fourth-order valence-electron chi connectivity index (χ4n) is 4.50. The Morgan fingerprint density at radius 1 is 1.16 bits per heavy atom. The van der Waals surface area contributed by atoms with Crippen LogP contribution in [0.25, 0.3) is 10.9 Å². The molecule has 10 heteroatoms. The molecule has 0 unspecified atom stereocenters. The number of nitrogens with one attached hydrogen (secondary N) is 3. The lowest BCUT2D eigenvalue weighted by atomic mass is 10.1. The molecule has 0 bridgehead atoms. The van der Waals surface area contributed by atoms with Crippen LogP contribution in [0, 0.1) is 6.92 Å². The van der Waals surface area contributed by atoms with Gasteiger partial charge in [-0.3, -0.25) is 24.5 Å². The first-order valence-electron chi connectivity index (χ1n) is 12.3. The summed E-state index contributed by atoms with van der Waals surface area (Å²) in [5, 5.41) is 13.5. The molecule has 3 N–H and O–H groups in total. The minimum absolute atomic E-state index is 0.115. The number of aromatic nitrogens is 3. The highest BCUT2D eigenvalue weighted by Crippen LogP contribution is 2.29. The molecular formula is C27H28N6O3S. The van der Waals surface area contributed by atoms with Gasteiger partial charge in [0.2, 0.25) is 5.91 Å². The summed E-state index contributed by atoms with van der Waals surface area (Å²) in [5.74, 6) is -0.531. The number of aryl methyl sites for hydroxylation is 1. The lowest BCUT2D eigenvalue weighted by Crippen LogP contribution is -2.49. The number of H-pyrrole nitrogens is 1. The number of hydrogen-bond acceptors (Lipinski definition) is 6. The van der Waals surface area contributed by atoms with Gasteiger partial charge in [0.1, 0.15) is 6.04 Å². The zero-order valence-electron chi connectivity index (χ0n) is 20.7. The molecule has 0 saturated carbocycles. The Hall–Kier alpha value is -4.05. The predicted octanol–water partition coefficient (Wildman–Crippen LogP) is 3.35. The first-order valence-corrected chi connectivity index (χ1v) is 13.1. The molecule has 0 radical (unpaired) electrons.